The van der Waals surface area contributed by atoms with Crippen molar-refractivity contribution >= 4 is 0 Å². The van der Waals surface area contributed by atoms with Crippen molar-refractivity contribution in [2.45, 2.75) is 60.0 Å². The lowest BCUT2D eigenvalue weighted by Gasteiger charge is -2.25. The molecule has 0 amide bonds. The van der Waals surface area contributed by atoms with E-state index in [9.17, 15) is 0 Å². The second-order valence-electron chi connectivity index (χ2n) is 4.67. The maximum atomic E-state index is 5.72. The van der Waals surface area contributed by atoms with Gasteiger partial charge in [0.15, 0.2) is 0 Å². The monoisotopic (exact) mass is 172 g/mol. The molecule has 0 aliphatic heterocycles. The highest BCUT2D eigenvalue weighted by molar-refractivity contribution is 4.68. The Morgan fingerprint density at radius 1 is 1.17 bits per heavy atom. The third-order valence-corrected chi connectivity index (χ3v) is 1.85. The molecule has 0 heterocycles. The minimum absolute atomic E-state index is 0.397. The fourth-order valence-corrected chi connectivity index (χ4v) is 1.29. The van der Waals surface area contributed by atoms with Crippen molar-refractivity contribution in [3.8, 4) is 0 Å². The van der Waals surface area contributed by atoms with Gasteiger partial charge in [-0.05, 0) is 24.7 Å². The van der Waals surface area contributed by atoms with Crippen molar-refractivity contribution in [2.75, 3.05) is 6.61 Å². The van der Waals surface area contributed by atoms with Gasteiger partial charge in [-0.15, -0.1) is 0 Å². The van der Waals surface area contributed by atoms with Crippen LogP contribution < -0.4 is 0 Å². The zero-order chi connectivity index (χ0) is 9.61. The first-order chi connectivity index (χ1) is 5.49. The summed E-state index contributed by atoms with van der Waals surface area (Å²) in [6.07, 6.45) is 3.89. The zero-order valence-corrected chi connectivity index (χ0v) is 9.31. The Labute approximate surface area is 77.5 Å². The molecule has 12 heavy (non-hydrogen) atoms. The van der Waals surface area contributed by atoms with Crippen LogP contribution in [0.4, 0.5) is 0 Å². The van der Waals surface area contributed by atoms with Crippen LogP contribution >= 0.6 is 0 Å². The van der Waals surface area contributed by atoms with E-state index in [0.29, 0.717) is 11.5 Å². The largest absolute Gasteiger partial charge is 0.378 e. The SMILES string of the molecule is CCCOC(CC)CC(C)(C)C. The fourth-order valence-electron chi connectivity index (χ4n) is 1.29. The summed E-state index contributed by atoms with van der Waals surface area (Å²) in [5.74, 6) is 0. The van der Waals surface area contributed by atoms with Gasteiger partial charge in [0.2, 0.25) is 0 Å². The highest BCUT2D eigenvalue weighted by Crippen LogP contribution is 2.23. The molecule has 1 unspecified atom stereocenters. The molecule has 0 saturated heterocycles. The van der Waals surface area contributed by atoms with E-state index in [2.05, 4.69) is 34.6 Å². The zero-order valence-electron chi connectivity index (χ0n) is 9.31. The van der Waals surface area contributed by atoms with E-state index in [-0.39, 0.29) is 0 Å². The molecular formula is C11H24O. The van der Waals surface area contributed by atoms with Gasteiger partial charge in [-0.2, -0.15) is 0 Å². The van der Waals surface area contributed by atoms with Crippen molar-refractivity contribution in [3.05, 3.63) is 0 Å². The molecule has 0 aliphatic carbocycles. The standard InChI is InChI=1S/C11H24O/c1-6-8-12-10(7-2)9-11(3,4)5/h10H,6-9H2,1-5H3. The predicted octanol–water partition coefficient (Wildman–Crippen LogP) is 3.63. The van der Waals surface area contributed by atoms with Crippen LogP contribution in [0.1, 0.15) is 53.9 Å². The highest BCUT2D eigenvalue weighted by Gasteiger charge is 2.17. The average Bonchev–Trinajstić information content (AvgIpc) is 1.95. The summed E-state index contributed by atoms with van der Waals surface area (Å²) in [5.41, 5.74) is 0.397. The van der Waals surface area contributed by atoms with Crippen LogP contribution in [0, 0.1) is 5.41 Å². The minimum Gasteiger partial charge on any atom is -0.378 e. The number of hydrogen-bond donors (Lipinski definition) is 0. The molecule has 0 N–H and O–H groups in total. The van der Waals surface area contributed by atoms with Crippen LogP contribution in [0.15, 0.2) is 0 Å². The Morgan fingerprint density at radius 2 is 1.75 bits per heavy atom. The predicted molar refractivity (Wildman–Crippen MR) is 54.4 cm³/mol. The van der Waals surface area contributed by atoms with Crippen molar-refractivity contribution in [3.63, 3.8) is 0 Å². The molecule has 0 saturated carbocycles. The molecule has 0 aliphatic rings. The second-order valence-corrected chi connectivity index (χ2v) is 4.67. The lowest BCUT2D eigenvalue weighted by molar-refractivity contribution is 0.0239. The van der Waals surface area contributed by atoms with Gasteiger partial charge in [-0.3, -0.25) is 0 Å². The summed E-state index contributed by atoms with van der Waals surface area (Å²) in [4.78, 5) is 0. The molecule has 0 radical (unpaired) electrons. The molecular weight excluding hydrogens is 148 g/mol. The van der Waals surface area contributed by atoms with Crippen LogP contribution in [0.25, 0.3) is 0 Å². The van der Waals surface area contributed by atoms with E-state index in [1.807, 2.05) is 0 Å². The van der Waals surface area contributed by atoms with Crippen molar-refractivity contribution < 1.29 is 4.74 Å². The van der Waals surface area contributed by atoms with Gasteiger partial charge in [-0.25, -0.2) is 0 Å². The first kappa shape index (κ1) is 12.0. The van der Waals surface area contributed by atoms with Crippen molar-refractivity contribution in [1.82, 2.24) is 0 Å². The van der Waals surface area contributed by atoms with Gasteiger partial charge in [0, 0.05) is 6.61 Å². The lowest BCUT2D eigenvalue weighted by atomic mass is 9.88. The Balaban J connectivity index is 3.67. The maximum Gasteiger partial charge on any atom is 0.0577 e. The van der Waals surface area contributed by atoms with Crippen LogP contribution in [-0.4, -0.2) is 12.7 Å². The Morgan fingerprint density at radius 3 is 2.08 bits per heavy atom. The van der Waals surface area contributed by atoms with E-state index in [1.165, 1.54) is 6.42 Å². The number of rotatable bonds is 5. The maximum absolute atomic E-state index is 5.72. The lowest BCUT2D eigenvalue weighted by Crippen LogP contribution is -2.20. The van der Waals surface area contributed by atoms with Crippen molar-refractivity contribution in [1.29, 1.82) is 0 Å². The molecule has 1 heteroatoms. The summed E-state index contributed by atoms with van der Waals surface area (Å²) in [6.45, 7) is 12.1. The molecule has 0 fully saturated rings. The fraction of sp³-hybridized carbons (Fsp3) is 1.00. The van der Waals surface area contributed by atoms with Crippen LogP contribution in [0.5, 0.6) is 0 Å². The normalized spacial score (nSPS) is 14.8. The molecule has 1 atom stereocenters. The molecule has 0 spiro atoms. The third-order valence-electron chi connectivity index (χ3n) is 1.85. The summed E-state index contributed by atoms with van der Waals surface area (Å²) in [6, 6.07) is 0. The molecule has 0 aromatic heterocycles. The number of ether oxygens (including phenoxy) is 1. The van der Waals surface area contributed by atoms with E-state index < -0.39 is 0 Å². The highest BCUT2D eigenvalue weighted by atomic mass is 16.5. The van der Waals surface area contributed by atoms with E-state index >= 15 is 0 Å². The Kier molecular flexibility index (Phi) is 5.56. The van der Waals surface area contributed by atoms with Gasteiger partial charge < -0.3 is 4.74 Å². The third kappa shape index (κ3) is 6.66. The van der Waals surface area contributed by atoms with Gasteiger partial charge >= 0.3 is 0 Å². The second kappa shape index (κ2) is 5.58. The summed E-state index contributed by atoms with van der Waals surface area (Å²) in [5, 5.41) is 0. The Hall–Kier alpha value is -0.0400. The molecule has 74 valence electrons. The summed E-state index contributed by atoms with van der Waals surface area (Å²) < 4.78 is 5.72. The first-order valence-electron chi connectivity index (χ1n) is 5.11. The van der Waals surface area contributed by atoms with E-state index in [0.717, 1.165) is 19.4 Å². The summed E-state index contributed by atoms with van der Waals surface area (Å²) in [7, 11) is 0. The minimum atomic E-state index is 0.397. The topological polar surface area (TPSA) is 9.23 Å². The molecule has 0 rings (SSSR count). The summed E-state index contributed by atoms with van der Waals surface area (Å²) >= 11 is 0. The number of hydrogen-bond acceptors (Lipinski definition) is 1. The smallest absolute Gasteiger partial charge is 0.0577 e. The Bertz CT molecular complexity index is 102. The van der Waals surface area contributed by atoms with E-state index in [1.54, 1.807) is 0 Å². The van der Waals surface area contributed by atoms with Gasteiger partial charge in [0.05, 0.1) is 6.10 Å². The van der Waals surface area contributed by atoms with Gasteiger partial charge in [-0.1, -0.05) is 34.6 Å². The van der Waals surface area contributed by atoms with Gasteiger partial charge in [0.1, 0.15) is 0 Å². The first-order valence-corrected chi connectivity index (χ1v) is 5.11. The van der Waals surface area contributed by atoms with Crippen LogP contribution in [0.2, 0.25) is 0 Å². The molecule has 0 aromatic carbocycles. The molecule has 0 aromatic rings. The molecule has 0 bridgehead atoms. The van der Waals surface area contributed by atoms with E-state index in [4.69, 9.17) is 4.74 Å². The quantitative estimate of drug-likeness (QED) is 0.615. The van der Waals surface area contributed by atoms with Crippen LogP contribution in [-0.2, 0) is 4.74 Å². The average molecular weight is 172 g/mol. The van der Waals surface area contributed by atoms with Gasteiger partial charge in [0.25, 0.3) is 0 Å². The molecule has 1 nitrogen and oxygen atoms in total. The van der Waals surface area contributed by atoms with Crippen molar-refractivity contribution in [2.24, 2.45) is 5.41 Å². The van der Waals surface area contributed by atoms with Crippen LogP contribution in [0.3, 0.4) is 0 Å².